The normalized spacial score (nSPS) is 13.6. The molecule has 0 fully saturated rings. The van der Waals surface area contributed by atoms with Crippen molar-refractivity contribution >= 4 is 0 Å². The SMILES string of the molecule is CCc1nc(CN2Cc3cc(F)ccc3Oc3cc(OC)c(OC)cc3C2)c(C)[nH]1. The number of hydrogen-bond donors (Lipinski definition) is 1. The van der Waals surface area contributed by atoms with Crippen molar-refractivity contribution in [2.45, 2.75) is 39.9 Å². The van der Waals surface area contributed by atoms with Gasteiger partial charge in [0, 0.05) is 48.9 Å². The summed E-state index contributed by atoms with van der Waals surface area (Å²) < 4.78 is 31.1. The molecule has 0 radical (unpaired) electrons. The Morgan fingerprint density at radius 2 is 1.77 bits per heavy atom. The quantitative estimate of drug-likeness (QED) is 0.657. The minimum atomic E-state index is -0.283. The van der Waals surface area contributed by atoms with E-state index < -0.39 is 0 Å². The van der Waals surface area contributed by atoms with Gasteiger partial charge < -0.3 is 19.2 Å². The summed E-state index contributed by atoms with van der Waals surface area (Å²) in [6.45, 7) is 5.87. The smallest absolute Gasteiger partial charge is 0.164 e. The van der Waals surface area contributed by atoms with Crippen LogP contribution in [0, 0.1) is 12.7 Å². The van der Waals surface area contributed by atoms with E-state index in [0.29, 0.717) is 42.6 Å². The van der Waals surface area contributed by atoms with Crippen LogP contribution in [0.25, 0.3) is 0 Å². The molecule has 0 saturated heterocycles. The van der Waals surface area contributed by atoms with Crippen LogP contribution in [0.2, 0.25) is 0 Å². The summed E-state index contributed by atoms with van der Waals surface area (Å²) in [6, 6.07) is 8.37. The van der Waals surface area contributed by atoms with Gasteiger partial charge in [0.15, 0.2) is 11.5 Å². The van der Waals surface area contributed by atoms with Crippen LogP contribution in [0.3, 0.4) is 0 Å². The number of nitrogens with zero attached hydrogens (tertiary/aromatic N) is 2. The van der Waals surface area contributed by atoms with Crippen LogP contribution in [-0.2, 0) is 26.1 Å². The lowest BCUT2D eigenvalue weighted by atomic mass is 10.1. The molecule has 6 nitrogen and oxygen atoms in total. The molecule has 0 unspecified atom stereocenters. The zero-order valence-electron chi connectivity index (χ0n) is 17.7. The van der Waals surface area contributed by atoms with Gasteiger partial charge in [-0.05, 0) is 31.2 Å². The van der Waals surface area contributed by atoms with Crippen molar-refractivity contribution in [2.75, 3.05) is 14.2 Å². The monoisotopic (exact) mass is 411 g/mol. The van der Waals surface area contributed by atoms with Gasteiger partial charge in [-0.2, -0.15) is 0 Å². The van der Waals surface area contributed by atoms with E-state index in [-0.39, 0.29) is 5.82 Å². The number of ether oxygens (including phenoxy) is 3. The van der Waals surface area contributed by atoms with Gasteiger partial charge in [0.1, 0.15) is 23.1 Å². The first kappa shape index (κ1) is 20.2. The summed E-state index contributed by atoms with van der Waals surface area (Å²) in [7, 11) is 3.21. The standard InChI is InChI=1S/C23H26FN3O3/c1-5-23-25-14(2)18(26-23)13-27-11-15-8-17(24)6-7-19(15)30-20-10-22(29-4)21(28-3)9-16(20)12-27/h6-10H,5,11-13H2,1-4H3,(H,25,26). The van der Waals surface area contributed by atoms with Crippen LogP contribution in [0.1, 0.15) is 35.3 Å². The first-order valence-corrected chi connectivity index (χ1v) is 9.98. The van der Waals surface area contributed by atoms with Gasteiger partial charge in [-0.1, -0.05) is 6.92 Å². The Morgan fingerprint density at radius 3 is 2.43 bits per heavy atom. The summed E-state index contributed by atoms with van der Waals surface area (Å²) in [4.78, 5) is 10.3. The molecular formula is C23H26FN3O3. The van der Waals surface area contributed by atoms with E-state index in [4.69, 9.17) is 19.2 Å². The second-order valence-corrected chi connectivity index (χ2v) is 7.42. The van der Waals surface area contributed by atoms with Crippen LogP contribution < -0.4 is 14.2 Å². The zero-order valence-corrected chi connectivity index (χ0v) is 17.7. The molecule has 4 rings (SSSR count). The Balaban J connectivity index is 1.77. The lowest BCUT2D eigenvalue weighted by molar-refractivity contribution is 0.231. The summed E-state index contributed by atoms with van der Waals surface area (Å²) in [5, 5.41) is 0. The maximum Gasteiger partial charge on any atom is 0.164 e. The van der Waals surface area contributed by atoms with Crippen molar-refractivity contribution in [2.24, 2.45) is 0 Å². The second kappa shape index (κ2) is 8.36. The van der Waals surface area contributed by atoms with E-state index >= 15 is 0 Å². The highest BCUT2D eigenvalue weighted by molar-refractivity contribution is 5.53. The van der Waals surface area contributed by atoms with Crippen molar-refractivity contribution in [3.8, 4) is 23.0 Å². The molecule has 0 saturated carbocycles. The Morgan fingerprint density at radius 1 is 1.07 bits per heavy atom. The lowest BCUT2D eigenvalue weighted by Crippen LogP contribution is -2.25. The van der Waals surface area contributed by atoms with Crippen molar-refractivity contribution in [3.63, 3.8) is 0 Å². The molecule has 30 heavy (non-hydrogen) atoms. The average molecular weight is 411 g/mol. The number of hydrogen-bond acceptors (Lipinski definition) is 5. The molecular weight excluding hydrogens is 385 g/mol. The van der Waals surface area contributed by atoms with Crippen LogP contribution in [0.5, 0.6) is 23.0 Å². The van der Waals surface area contributed by atoms with Gasteiger partial charge in [-0.25, -0.2) is 9.37 Å². The topological polar surface area (TPSA) is 59.6 Å². The molecule has 0 amide bonds. The number of aromatic nitrogens is 2. The third-order valence-corrected chi connectivity index (χ3v) is 5.34. The van der Waals surface area contributed by atoms with Gasteiger partial charge >= 0.3 is 0 Å². The number of H-pyrrole nitrogens is 1. The number of methoxy groups -OCH3 is 2. The minimum absolute atomic E-state index is 0.283. The number of aryl methyl sites for hydroxylation is 2. The Kier molecular flexibility index (Phi) is 5.63. The molecule has 1 N–H and O–H groups in total. The molecule has 0 spiro atoms. The van der Waals surface area contributed by atoms with Crippen molar-refractivity contribution < 1.29 is 18.6 Å². The van der Waals surface area contributed by atoms with E-state index in [9.17, 15) is 4.39 Å². The Hall–Kier alpha value is -3.06. The molecule has 0 atom stereocenters. The molecule has 158 valence electrons. The van der Waals surface area contributed by atoms with Crippen molar-refractivity contribution in [3.05, 3.63) is 64.5 Å². The van der Waals surface area contributed by atoms with E-state index in [1.54, 1.807) is 20.3 Å². The molecule has 2 heterocycles. The molecule has 0 aliphatic carbocycles. The van der Waals surface area contributed by atoms with Crippen LogP contribution in [-0.4, -0.2) is 29.1 Å². The maximum atomic E-state index is 14.0. The summed E-state index contributed by atoms with van der Waals surface area (Å²) in [5.41, 5.74) is 3.80. The number of nitrogens with one attached hydrogen (secondary N) is 1. The predicted octanol–water partition coefficient (Wildman–Crippen LogP) is 4.74. The molecule has 7 heteroatoms. The second-order valence-electron chi connectivity index (χ2n) is 7.42. The zero-order chi connectivity index (χ0) is 21.3. The highest BCUT2D eigenvalue weighted by Crippen LogP contribution is 2.40. The predicted molar refractivity (Wildman–Crippen MR) is 112 cm³/mol. The molecule has 1 aliphatic rings. The molecule has 1 aliphatic heterocycles. The van der Waals surface area contributed by atoms with Crippen LogP contribution in [0.15, 0.2) is 30.3 Å². The van der Waals surface area contributed by atoms with E-state index in [1.165, 1.54) is 12.1 Å². The van der Waals surface area contributed by atoms with Crippen LogP contribution in [0.4, 0.5) is 4.39 Å². The van der Waals surface area contributed by atoms with Gasteiger partial charge in [0.25, 0.3) is 0 Å². The first-order chi connectivity index (χ1) is 14.5. The largest absolute Gasteiger partial charge is 0.493 e. The fourth-order valence-corrected chi connectivity index (χ4v) is 3.76. The molecule has 2 aromatic carbocycles. The fraction of sp³-hybridized carbons (Fsp3) is 0.348. The molecule has 1 aromatic heterocycles. The highest BCUT2D eigenvalue weighted by atomic mass is 19.1. The number of imidazole rings is 1. The maximum absolute atomic E-state index is 14.0. The molecule has 0 bridgehead atoms. The van der Waals surface area contributed by atoms with E-state index in [1.807, 2.05) is 19.1 Å². The lowest BCUT2D eigenvalue weighted by Gasteiger charge is -2.28. The van der Waals surface area contributed by atoms with E-state index in [2.05, 4.69) is 16.8 Å². The van der Waals surface area contributed by atoms with Gasteiger partial charge in [0.2, 0.25) is 0 Å². The average Bonchev–Trinajstić information content (AvgIpc) is 3.08. The Bertz CT molecular complexity index is 1060. The summed E-state index contributed by atoms with van der Waals surface area (Å²) in [5.74, 6) is 3.21. The van der Waals surface area contributed by atoms with Crippen molar-refractivity contribution in [1.29, 1.82) is 0 Å². The minimum Gasteiger partial charge on any atom is -0.493 e. The number of halogens is 1. The number of aromatic amines is 1. The fourth-order valence-electron chi connectivity index (χ4n) is 3.76. The van der Waals surface area contributed by atoms with Crippen molar-refractivity contribution in [1.82, 2.24) is 14.9 Å². The van der Waals surface area contributed by atoms with Gasteiger partial charge in [-0.3, -0.25) is 4.90 Å². The highest BCUT2D eigenvalue weighted by Gasteiger charge is 2.23. The number of fused-ring (bicyclic) bond motifs is 2. The van der Waals surface area contributed by atoms with Gasteiger partial charge in [-0.15, -0.1) is 0 Å². The summed E-state index contributed by atoms with van der Waals surface area (Å²) >= 11 is 0. The van der Waals surface area contributed by atoms with Crippen LogP contribution >= 0.6 is 0 Å². The Labute approximate surface area is 175 Å². The third-order valence-electron chi connectivity index (χ3n) is 5.34. The first-order valence-electron chi connectivity index (χ1n) is 9.98. The van der Waals surface area contributed by atoms with Gasteiger partial charge in [0.05, 0.1) is 19.9 Å². The third kappa shape index (κ3) is 3.98. The summed E-state index contributed by atoms with van der Waals surface area (Å²) in [6.07, 6.45) is 0.850. The number of rotatable bonds is 5. The number of benzene rings is 2. The van der Waals surface area contributed by atoms with E-state index in [0.717, 1.165) is 34.8 Å². The molecule has 3 aromatic rings.